The van der Waals surface area contributed by atoms with Crippen molar-refractivity contribution in [1.29, 1.82) is 0 Å². The van der Waals surface area contributed by atoms with Crippen molar-refractivity contribution in [1.82, 2.24) is 10.2 Å². The molecular weight excluding hydrogens is 231 g/mol. The summed E-state index contributed by atoms with van der Waals surface area (Å²) in [5.74, 6) is -0.275. The first kappa shape index (κ1) is 13.0. The Balaban J connectivity index is 2.02. The monoisotopic (exact) mass is 250 g/mol. The molecule has 0 spiro atoms. The number of amides is 1. The fourth-order valence-corrected chi connectivity index (χ4v) is 2.15. The number of benzene rings is 1. The first-order valence-electron chi connectivity index (χ1n) is 6.46. The summed E-state index contributed by atoms with van der Waals surface area (Å²) in [4.78, 5) is 14.1. The van der Waals surface area contributed by atoms with Crippen LogP contribution >= 0.6 is 0 Å². The minimum absolute atomic E-state index is 0.0217. The molecule has 98 valence electrons. The second kappa shape index (κ2) is 5.96. The molecule has 3 nitrogen and oxygen atoms in total. The van der Waals surface area contributed by atoms with E-state index >= 15 is 0 Å². The van der Waals surface area contributed by atoms with Gasteiger partial charge in [0.25, 0.3) is 0 Å². The van der Waals surface area contributed by atoms with Gasteiger partial charge in [-0.15, -0.1) is 0 Å². The standard InChI is InChI=1S/C14H19FN2O/c1-2-7-17(12-9-16-10-12)14(18)8-11-5-3-4-6-13(11)15/h3-6,12,16H,2,7-10H2,1H3. The Labute approximate surface area is 107 Å². The molecule has 1 aliphatic heterocycles. The third kappa shape index (κ3) is 2.88. The van der Waals surface area contributed by atoms with Crippen LogP contribution in [0.3, 0.4) is 0 Å². The lowest BCUT2D eigenvalue weighted by Gasteiger charge is -2.38. The van der Waals surface area contributed by atoms with E-state index in [9.17, 15) is 9.18 Å². The second-order valence-electron chi connectivity index (χ2n) is 4.67. The molecule has 1 amide bonds. The van der Waals surface area contributed by atoms with Crippen LogP contribution in [-0.4, -0.2) is 36.5 Å². The number of halogens is 1. The van der Waals surface area contributed by atoms with Gasteiger partial charge in [0.2, 0.25) is 5.91 Å². The number of carbonyl (C=O) groups excluding carboxylic acids is 1. The molecule has 1 aliphatic rings. The molecule has 18 heavy (non-hydrogen) atoms. The number of carbonyl (C=O) groups is 1. The van der Waals surface area contributed by atoms with E-state index in [2.05, 4.69) is 12.2 Å². The lowest BCUT2D eigenvalue weighted by Crippen LogP contribution is -2.59. The normalized spacial score (nSPS) is 15.2. The molecular formula is C14H19FN2O. The largest absolute Gasteiger partial charge is 0.337 e. The van der Waals surface area contributed by atoms with Gasteiger partial charge in [-0.1, -0.05) is 25.1 Å². The van der Waals surface area contributed by atoms with Crippen LogP contribution in [0, 0.1) is 5.82 Å². The summed E-state index contributed by atoms with van der Waals surface area (Å²) in [5.41, 5.74) is 0.482. The summed E-state index contributed by atoms with van der Waals surface area (Å²) in [6.07, 6.45) is 1.09. The van der Waals surface area contributed by atoms with Crippen LogP contribution in [-0.2, 0) is 11.2 Å². The van der Waals surface area contributed by atoms with Crippen molar-refractivity contribution < 1.29 is 9.18 Å². The summed E-state index contributed by atoms with van der Waals surface area (Å²) >= 11 is 0. The number of nitrogens with one attached hydrogen (secondary N) is 1. The summed E-state index contributed by atoms with van der Waals surface area (Å²) in [7, 11) is 0. The van der Waals surface area contributed by atoms with Crippen LogP contribution in [0.2, 0.25) is 0 Å². The third-order valence-corrected chi connectivity index (χ3v) is 3.29. The molecule has 2 rings (SSSR count). The molecule has 0 aliphatic carbocycles. The maximum absolute atomic E-state index is 13.5. The third-order valence-electron chi connectivity index (χ3n) is 3.29. The summed E-state index contributed by atoms with van der Waals surface area (Å²) < 4.78 is 13.5. The first-order chi connectivity index (χ1) is 8.72. The number of rotatable bonds is 5. The van der Waals surface area contributed by atoms with Crippen LogP contribution in [0.5, 0.6) is 0 Å². The van der Waals surface area contributed by atoms with E-state index in [1.54, 1.807) is 18.2 Å². The number of nitrogens with zero attached hydrogens (tertiary/aromatic N) is 1. The quantitative estimate of drug-likeness (QED) is 0.860. The smallest absolute Gasteiger partial charge is 0.227 e. The van der Waals surface area contributed by atoms with Gasteiger partial charge in [-0.2, -0.15) is 0 Å². The Hall–Kier alpha value is -1.42. The van der Waals surface area contributed by atoms with Gasteiger partial charge in [-0.05, 0) is 18.1 Å². The van der Waals surface area contributed by atoms with Crippen molar-refractivity contribution in [2.75, 3.05) is 19.6 Å². The maximum atomic E-state index is 13.5. The van der Waals surface area contributed by atoms with Crippen molar-refractivity contribution in [3.05, 3.63) is 35.6 Å². The average Bonchev–Trinajstić information content (AvgIpc) is 2.29. The fourth-order valence-electron chi connectivity index (χ4n) is 2.15. The van der Waals surface area contributed by atoms with E-state index in [-0.39, 0.29) is 24.2 Å². The first-order valence-corrected chi connectivity index (χ1v) is 6.46. The van der Waals surface area contributed by atoms with E-state index in [0.717, 1.165) is 26.1 Å². The van der Waals surface area contributed by atoms with Crippen LogP contribution in [0.4, 0.5) is 4.39 Å². The zero-order chi connectivity index (χ0) is 13.0. The highest BCUT2D eigenvalue weighted by Gasteiger charge is 2.27. The maximum Gasteiger partial charge on any atom is 0.227 e. The van der Waals surface area contributed by atoms with Gasteiger partial charge < -0.3 is 10.2 Å². The number of hydrogen-bond acceptors (Lipinski definition) is 2. The lowest BCUT2D eigenvalue weighted by atomic mass is 10.1. The molecule has 0 atom stereocenters. The van der Waals surface area contributed by atoms with Crippen LogP contribution in [0.15, 0.2) is 24.3 Å². The van der Waals surface area contributed by atoms with Crippen LogP contribution < -0.4 is 5.32 Å². The van der Waals surface area contributed by atoms with Crippen molar-refractivity contribution in [3.8, 4) is 0 Å². The lowest BCUT2D eigenvalue weighted by molar-refractivity contribution is -0.133. The summed E-state index contributed by atoms with van der Waals surface area (Å²) in [6.45, 7) is 4.50. The van der Waals surface area contributed by atoms with Gasteiger partial charge in [0, 0.05) is 19.6 Å². The molecule has 0 bridgehead atoms. The van der Waals surface area contributed by atoms with E-state index in [4.69, 9.17) is 0 Å². The van der Waals surface area contributed by atoms with Crippen molar-refractivity contribution in [3.63, 3.8) is 0 Å². The Kier molecular flexibility index (Phi) is 4.31. The molecule has 0 unspecified atom stereocenters. The van der Waals surface area contributed by atoms with Gasteiger partial charge in [0.05, 0.1) is 12.5 Å². The van der Waals surface area contributed by atoms with Crippen molar-refractivity contribution in [2.45, 2.75) is 25.8 Å². The molecule has 1 fully saturated rings. The molecule has 1 aromatic carbocycles. The Bertz CT molecular complexity index is 418. The van der Waals surface area contributed by atoms with E-state index in [0.29, 0.717) is 5.56 Å². The predicted octanol–water partition coefficient (Wildman–Crippen LogP) is 1.58. The Morgan fingerprint density at radius 3 is 2.72 bits per heavy atom. The summed E-state index contributed by atoms with van der Waals surface area (Å²) in [6, 6.07) is 6.77. The zero-order valence-corrected chi connectivity index (χ0v) is 10.7. The molecule has 0 saturated carbocycles. The minimum atomic E-state index is -0.297. The topological polar surface area (TPSA) is 32.3 Å². The van der Waals surface area contributed by atoms with Crippen molar-refractivity contribution >= 4 is 5.91 Å². The molecule has 4 heteroatoms. The second-order valence-corrected chi connectivity index (χ2v) is 4.67. The van der Waals surface area contributed by atoms with Gasteiger partial charge >= 0.3 is 0 Å². The zero-order valence-electron chi connectivity index (χ0n) is 10.7. The molecule has 0 aromatic heterocycles. The van der Waals surface area contributed by atoms with Gasteiger partial charge in [-0.3, -0.25) is 4.79 Å². The molecule has 1 saturated heterocycles. The molecule has 0 radical (unpaired) electrons. The van der Waals surface area contributed by atoms with E-state index in [1.807, 2.05) is 4.90 Å². The highest BCUT2D eigenvalue weighted by Crippen LogP contribution is 2.12. The highest BCUT2D eigenvalue weighted by atomic mass is 19.1. The molecule has 1 N–H and O–H groups in total. The fraction of sp³-hybridized carbons (Fsp3) is 0.500. The van der Waals surface area contributed by atoms with Gasteiger partial charge in [0.1, 0.15) is 5.82 Å². The average molecular weight is 250 g/mol. The van der Waals surface area contributed by atoms with Gasteiger partial charge in [-0.25, -0.2) is 4.39 Å². The molecule has 1 heterocycles. The van der Waals surface area contributed by atoms with Crippen molar-refractivity contribution in [2.24, 2.45) is 0 Å². The highest BCUT2D eigenvalue weighted by molar-refractivity contribution is 5.79. The van der Waals surface area contributed by atoms with E-state index in [1.165, 1.54) is 6.07 Å². The SMILES string of the molecule is CCCN(C(=O)Cc1ccccc1F)C1CNC1. The predicted molar refractivity (Wildman–Crippen MR) is 68.8 cm³/mol. The van der Waals surface area contributed by atoms with Gasteiger partial charge in [0.15, 0.2) is 0 Å². The minimum Gasteiger partial charge on any atom is -0.337 e. The number of hydrogen-bond donors (Lipinski definition) is 1. The van der Waals surface area contributed by atoms with Crippen LogP contribution in [0.1, 0.15) is 18.9 Å². The molecule has 1 aromatic rings. The van der Waals surface area contributed by atoms with Crippen LogP contribution in [0.25, 0.3) is 0 Å². The Morgan fingerprint density at radius 2 is 2.17 bits per heavy atom. The van der Waals surface area contributed by atoms with E-state index < -0.39 is 0 Å². The summed E-state index contributed by atoms with van der Waals surface area (Å²) in [5, 5.41) is 3.16. The Morgan fingerprint density at radius 1 is 1.44 bits per heavy atom.